The number of carboxylic acid groups (broad SMARTS) is 1. The lowest BCUT2D eigenvalue weighted by atomic mass is 9.92. The van der Waals surface area contributed by atoms with E-state index in [1.165, 1.54) is 16.7 Å². The van der Waals surface area contributed by atoms with Gasteiger partial charge in [-0.15, -0.1) is 0 Å². The SMILES string of the molecule is CCCC(C(=O)O)c1c(C)n(C(=O)c2cccc(Cl)c2)c2ccc(O)c(F)c12. The van der Waals surface area contributed by atoms with Crippen LogP contribution in [0.4, 0.5) is 4.39 Å². The smallest absolute Gasteiger partial charge is 0.311 e. The molecule has 0 aliphatic heterocycles. The zero-order valence-electron chi connectivity index (χ0n) is 15.4. The molecule has 0 spiro atoms. The molecule has 1 heterocycles. The highest BCUT2D eigenvalue weighted by Gasteiger charge is 2.31. The van der Waals surface area contributed by atoms with E-state index in [4.69, 9.17) is 11.6 Å². The number of fused-ring (bicyclic) bond motifs is 1. The Hall–Kier alpha value is -2.86. The van der Waals surface area contributed by atoms with Crippen LogP contribution in [-0.4, -0.2) is 26.7 Å². The van der Waals surface area contributed by atoms with Crippen molar-refractivity contribution in [1.29, 1.82) is 0 Å². The van der Waals surface area contributed by atoms with Gasteiger partial charge in [0.2, 0.25) is 0 Å². The molecule has 5 nitrogen and oxygen atoms in total. The largest absolute Gasteiger partial charge is 0.505 e. The van der Waals surface area contributed by atoms with Gasteiger partial charge in [-0.05, 0) is 49.2 Å². The van der Waals surface area contributed by atoms with Crippen molar-refractivity contribution in [3.8, 4) is 5.75 Å². The molecule has 1 aromatic heterocycles. The second-order valence-electron chi connectivity index (χ2n) is 6.62. The predicted molar refractivity (Wildman–Crippen MR) is 105 cm³/mol. The summed E-state index contributed by atoms with van der Waals surface area (Å²) in [5.74, 6) is -4.10. The number of carboxylic acids is 1. The molecule has 1 atom stereocenters. The average Bonchev–Trinajstić information content (AvgIpc) is 2.94. The Labute approximate surface area is 166 Å². The second-order valence-corrected chi connectivity index (χ2v) is 7.06. The van der Waals surface area contributed by atoms with Crippen molar-refractivity contribution >= 4 is 34.4 Å². The summed E-state index contributed by atoms with van der Waals surface area (Å²) < 4.78 is 16.1. The summed E-state index contributed by atoms with van der Waals surface area (Å²) in [5.41, 5.74) is 1.02. The fraction of sp³-hybridized carbons (Fsp3) is 0.238. The first-order valence-corrected chi connectivity index (χ1v) is 9.21. The Kier molecular flexibility index (Phi) is 5.42. The molecule has 1 unspecified atom stereocenters. The van der Waals surface area contributed by atoms with Crippen LogP contribution in [-0.2, 0) is 4.79 Å². The minimum absolute atomic E-state index is 0.0475. The fourth-order valence-corrected chi connectivity index (χ4v) is 3.79. The van der Waals surface area contributed by atoms with Crippen LogP contribution in [0.25, 0.3) is 10.9 Å². The molecule has 2 N–H and O–H groups in total. The molecule has 3 aromatic rings. The summed E-state index contributed by atoms with van der Waals surface area (Å²) in [6.45, 7) is 3.41. The Morgan fingerprint density at radius 3 is 2.57 bits per heavy atom. The Bertz CT molecular complexity index is 1090. The van der Waals surface area contributed by atoms with E-state index in [0.717, 1.165) is 6.07 Å². The number of halogens is 2. The van der Waals surface area contributed by atoms with Gasteiger partial charge in [-0.25, -0.2) is 4.39 Å². The third-order valence-corrected chi connectivity index (χ3v) is 5.07. The van der Waals surface area contributed by atoms with E-state index in [1.54, 1.807) is 25.1 Å². The molecular formula is C21H19ClFNO4. The number of phenolic OH excluding ortho intramolecular Hbond substituents is 1. The summed E-state index contributed by atoms with van der Waals surface area (Å²) in [6.07, 6.45) is 0.835. The van der Waals surface area contributed by atoms with Crippen molar-refractivity contribution in [2.45, 2.75) is 32.6 Å². The van der Waals surface area contributed by atoms with Crippen molar-refractivity contribution < 1.29 is 24.2 Å². The summed E-state index contributed by atoms with van der Waals surface area (Å²) in [6, 6.07) is 8.89. The minimum Gasteiger partial charge on any atom is -0.505 e. The van der Waals surface area contributed by atoms with E-state index in [9.17, 15) is 24.2 Å². The topological polar surface area (TPSA) is 79.5 Å². The molecule has 2 aromatic carbocycles. The highest BCUT2D eigenvalue weighted by atomic mass is 35.5. The van der Waals surface area contributed by atoms with Crippen LogP contribution in [0.5, 0.6) is 5.75 Å². The Balaban J connectivity index is 2.36. The van der Waals surface area contributed by atoms with E-state index in [0.29, 0.717) is 17.1 Å². The van der Waals surface area contributed by atoms with Gasteiger partial charge in [0.15, 0.2) is 11.6 Å². The predicted octanol–water partition coefficient (Wildman–Crippen LogP) is 5.10. The van der Waals surface area contributed by atoms with Gasteiger partial charge < -0.3 is 10.2 Å². The van der Waals surface area contributed by atoms with Gasteiger partial charge in [0.1, 0.15) is 0 Å². The van der Waals surface area contributed by atoms with E-state index in [2.05, 4.69) is 0 Å². The Morgan fingerprint density at radius 1 is 1.25 bits per heavy atom. The number of benzene rings is 2. The second kappa shape index (κ2) is 7.64. The van der Waals surface area contributed by atoms with Gasteiger partial charge in [0.25, 0.3) is 5.91 Å². The lowest BCUT2D eigenvalue weighted by Crippen LogP contribution is -2.16. The Morgan fingerprint density at radius 2 is 1.96 bits per heavy atom. The van der Waals surface area contributed by atoms with Crippen LogP contribution in [0.2, 0.25) is 5.02 Å². The van der Waals surface area contributed by atoms with Crippen LogP contribution >= 0.6 is 11.6 Å². The standard InChI is InChI=1S/C21H19ClFNO4/c1-3-5-14(21(27)28)17-11(2)24(15-8-9-16(25)19(23)18(15)17)20(26)12-6-4-7-13(22)10-12/h4,6-10,14,25H,3,5H2,1-2H3,(H,27,28). The number of phenols is 1. The molecule has 0 saturated carbocycles. The molecule has 146 valence electrons. The number of aromatic hydroxyl groups is 1. The van der Waals surface area contributed by atoms with Crippen molar-refractivity contribution in [3.63, 3.8) is 0 Å². The van der Waals surface area contributed by atoms with E-state index >= 15 is 0 Å². The minimum atomic E-state index is -1.11. The molecule has 7 heteroatoms. The molecule has 0 saturated heterocycles. The van der Waals surface area contributed by atoms with Crippen LogP contribution < -0.4 is 0 Å². The van der Waals surface area contributed by atoms with Crippen molar-refractivity contribution in [3.05, 3.63) is 64.1 Å². The number of hydrogen-bond donors (Lipinski definition) is 2. The highest BCUT2D eigenvalue weighted by molar-refractivity contribution is 6.31. The van der Waals surface area contributed by atoms with Crippen molar-refractivity contribution in [2.75, 3.05) is 0 Å². The number of aliphatic carboxylic acids is 1. The number of aromatic nitrogens is 1. The lowest BCUT2D eigenvalue weighted by Gasteiger charge is -2.13. The lowest BCUT2D eigenvalue weighted by molar-refractivity contribution is -0.139. The van der Waals surface area contributed by atoms with Crippen LogP contribution in [0.3, 0.4) is 0 Å². The first-order valence-electron chi connectivity index (χ1n) is 8.83. The number of nitrogens with zero attached hydrogens (tertiary/aromatic N) is 1. The summed E-state index contributed by atoms with van der Waals surface area (Å²) >= 11 is 5.99. The highest BCUT2D eigenvalue weighted by Crippen LogP contribution is 2.39. The van der Waals surface area contributed by atoms with Gasteiger partial charge in [0.05, 0.1) is 11.4 Å². The van der Waals surface area contributed by atoms with Gasteiger partial charge in [-0.1, -0.05) is 31.0 Å². The third-order valence-electron chi connectivity index (χ3n) is 4.83. The number of rotatable bonds is 5. The molecule has 3 rings (SSSR count). The molecule has 0 aliphatic carbocycles. The third kappa shape index (κ3) is 3.24. The maximum absolute atomic E-state index is 14.9. The van der Waals surface area contributed by atoms with Gasteiger partial charge in [-0.2, -0.15) is 0 Å². The van der Waals surface area contributed by atoms with Gasteiger partial charge >= 0.3 is 5.97 Å². The number of carbonyl (C=O) groups excluding carboxylic acids is 1. The van der Waals surface area contributed by atoms with E-state index < -0.39 is 29.4 Å². The summed E-state index contributed by atoms with van der Waals surface area (Å²) in [4.78, 5) is 25.0. The quantitative estimate of drug-likeness (QED) is 0.620. The van der Waals surface area contributed by atoms with Crippen LogP contribution in [0.1, 0.15) is 47.3 Å². The zero-order chi connectivity index (χ0) is 20.6. The molecule has 28 heavy (non-hydrogen) atoms. The molecule has 0 bridgehead atoms. The van der Waals surface area contributed by atoms with Gasteiger partial charge in [0, 0.05) is 21.7 Å². The monoisotopic (exact) mass is 403 g/mol. The summed E-state index contributed by atoms with van der Waals surface area (Å²) in [5, 5.41) is 19.9. The van der Waals surface area contributed by atoms with Crippen molar-refractivity contribution in [2.24, 2.45) is 0 Å². The normalized spacial score (nSPS) is 12.3. The first kappa shape index (κ1) is 19.9. The maximum atomic E-state index is 14.9. The fourth-order valence-electron chi connectivity index (χ4n) is 3.60. The van der Waals surface area contributed by atoms with E-state index in [-0.39, 0.29) is 28.5 Å². The van der Waals surface area contributed by atoms with Crippen LogP contribution in [0.15, 0.2) is 36.4 Å². The molecule has 0 aliphatic rings. The van der Waals surface area contributed by atoms with Gasteiger partial charge in [-0.3, -0.25) is 14.2 Å². The number of carbonyl (C=O) groups is 2. The van der Waals surface area contributed by atoms with Crippen LogP contribution in [0, 0.1) is 12.7 Å². The zero-order valence-corrected chi connectivity index (χ0v) is 16.1. The average molecular weight is 404 g/mol. The molecule has 0 radical (unpaired) electrons. The molecule has 0 fully saturated rings. The molecule has 0 amide bonds. The van der Waals surface area contributed by atoms with E-state index in [1.807, 2.05) is 6.92 Å². The summed E-state index contributed by atoms with van der Waals surface area (Å²) in [7, 11) is 0. The molecular weight excluding hydrogens is 385 g/mol. The van der Waals surface area contributed by atoms with Crippen molar-refractivity contribution in [1.82, 2.24) is 4.57 Å². The number of hydrogen-bond acceptors (Lipinski definition) is 3. The first-order chi connectivity index (χ1) is 13.3. The maximum Gasteiger partial charge on any atom is 0.311 e.